The maximum absolute atomic E-state index is 10.1. The highest BCUT2D eigenvalue weighted by molar-refractivity contribution is 9.10. The highest BCUT2D eigenvalue weighted by atomic mass is 79.9. The summed E-state index contributed by atoms with van der Waals surface area (Å²) in [6.07, 6.45) is 0.745. The first-order valence-corrected chi connectivity index (χ1v) is 5.41. The van der Waals surface area contributed by atoms with Gasteiger partial charge in [-0.05, 0) is 28.9 Å². The molecule has 1 N–H and O–H groups in total. The fourth-order valence-corrected chi connectivity index (χ4v) is 1.94. The number of aryl methyl sites for hydroxylation is 2. The van der Waals surface area contributed by atoms with E-state index in [2.05, 4.69) is 36.2 Å². The molecular formula is C9H10BrN5O. The van der Waals surface area contributed by atoms with E-state index in [9.17, 15) is 5.11 Å². The molecule has 0 saturated carbocycles. The Bertz CT molecular complexity index is 493. The van der Waals surface area contributed by atoms with Gasteiger partial charge >= 0.3 is 0 Å². The topological polar surface area (TPSA) is 76.7 Å². The molecule has 0 aliphatic heterocycles. The summed E-state index contributed by atoms with van der Waals surface area (Å²) < 4.78 is 2.02. The molecule has 2 heterocycles. The molecule has 1 unspecified atom stereocenters. The van der Waals surface area contributed by atoms with Gasteiger partial charge in [-0.15, -0.1) is 5.10 Å². The first kappa shape index (κ1) is 11.2. The third-order valence-electron chi connectivity index (χ3n) is 2.16. The van der Waals surface area contributed by atoms with Crippen LogP contribution in [0.5, 0.6) is 0 Å². The summed E-state index contributed by atoms with van der Waals surface area (Å²) in [6, 6.07) is 1.66. The van der Waals surface area contributed by atoms with Gasteiger partial charge in [-0.1, -0.05) is 5.21 Å². The van der Waals surface area contributed by atoms with E-state index < -0.39 is 6.10 Å². The molecule has 2 aromatic rings. The van der Waals surface area contributed by atoms with E-state index in [1.54, 1.807) is 26.2 Å². The molecule has 0 saturated heterocycles. The lowest BCUT2D eigenvalue weighted by atomic mass is 10.2. The van der Waals surface area contributed by atoms with Gasteiger partial charge in [0.15, 0.2) is 4.60 Å². The lowest BCUT2D eigenvalue weighted by Crippen LogP contribution is -2.09. The van der Waals surface area contributed by atoms with Gasteiger partial charge in [-0.3, -0.25) is 0 Å². The minimum atomic E-state index is -0.865. The highest BCUT2D eigenvalue weighted by Crippen LogP contribution is 2.24. The van der Waals surface area contributed by atoms with E-state index >= 15 is 0 Å². The maximum atomic E-state index is 10.1. The number of hydrogen-bond donors (Lipinski definition) is 1. The number of hydrogen-bond acceptors (Lipinski definition) is 5. The molecular weight excluding hydrogens is 274 g/mol. The van der Waals surface area contributed by atoms with Gasteiger partial charge < -0.3 is 5.11 Å². The Kier molecular flexibility index (Phi) is 2.97. The molecule has 0 radical (unpaired) electrons. The molecule has 0 aliphatic rings. The van der Waals surface area contributed by atoms with Crippen LogP contribution in [0.1, 0.15) is 23.3 Å². The summed E-state index contributed by atoms with van der Waals surface area (Å²) in [7, 11) is 1.71. The van der Waals surface area contributed by atoms with Gasteiger partial charge in [0, 0.05) is 13.2 Å². The van der Waals surface area contributed by atoms with Gasteiger partial charge in [0.05, 0.1) is 5.69 Å². The van der Waals surface area contributed by atoms with Crippen LogP contribution in [-0.2, 0) is 7.05 Å². The van der Waals surface area contributed by atoms with Crippen molar-refractivity contribution >= 4 is 15.9 Å². The van der Waals surface area contributed by atoms with Crippen LogP contribution in [0, 0.1) is 6.92 Å². The van der Waals surface area contributed by atoms with E-state index in [0.29, 0.717) is 21.8 Å². The lowest BCUT2D eigenvalue weighted by molar-refractivity contribution is 0.203. The van der Waals surface area contributed by atoms with E-state index in [-0.39, 0.29) is 0 Å². The zero-order valence-electron chi connectivity index (χ0n) is 8.79. The third-order valence-corrected chi connectivity index (χ3v) is 2.73. The second kappa shape index (κ2) is 4.26. The number of aliphatic hydroxyl groups is 1. The Morgan fingerprint density at radius 1 is 1.50 bits per heavy atom. The fraction of sp³-hybridized carbons (Fsp3) is 0.333. The first-order valence-electron chi connectivity index (χ1n) is 4.62. The number of halogens is 1. The van der Waals surface area contributed by atoms with Crippen LogP contribution in [0.15, 0.2) is 16.9 Å². The number of rotatable bonds is 2. The van der Waals surface area contributed by atoms with Crippen LogP contribution in [0.3, 0.4) is 0 Å². The van der Waals surface area contributed by atoms with Crippen molar-refractivity contribution in [1.29, 1.82) is 0 Å². The molecule has 6 nitrogen and oxygen atoms in total. The zero-order valence-corrected chi connectivity index (χ0v) is 10.4. The average molecular weight is 284 g/mol. The highest BCUT2D eigenvalue weighted by Gasteiger charge is 2.20. The fourth-order valence-electron chi connectivity index (χ4n) is 1.40. The molecule has 7 heteroatoms. The van der Waals surface area contributed by atoms with E-state index in [1.807, 2.05) is 0 Å². The minimum absolute atomic E-state index is 0.513. The molecule has 0 amide bonds. The summed E-state index contributed by atoms with van der Waals surface area (Å²) in [6.45, 7) is 1.77. The molecule has 2 rings (SSSR count). The van der Waals surface area contributed by atoms with Gasteiger partial charge in [0.25, 0.3) is 0 Å². The van der Waals surface area contributed by atoms with Gasteiger partial charge in [0.2, 0.25) is 0 Å². The summed E-state index contributed by atoms with van der Waals surface area (Å²) in [5.74, 6) is 0.614. The SMILES string of the molecule is Cc1nccc(C(O)c2c(Br)nnn2C)n1. The second-order valence-corrected chi connectivity index (χ2v) is 4.07. The Labute approximate surface area is 100 Å². The zero-order chi connectivity index (χ0) is 11.7. The van der Waals surface area contributed by atoms with Crippen molar-refractivity contribution in [1.82, 2.24) is 25.0 Å². The summed E-state index contributed by atoms with van der Waals surface area (Å²) >= 11 is 3.24. The lowest BCUT2D eigenvalue weighted by Gasteiger charge is -2.10. The van der Waals surface area contributed by atoms with Gasteiger partial charge in [-0.25, -0.2) is 14.6 Å². The molecule has 0 bridgehead atoms. The maximum Gasteiger partial charge on any atom is 0.154 e. The van der Waals surface area contributed by atoms with Crippen molar-refractivity contribution in [3.63, 3.8) is 0 Å². The Balaban J connectivity index is 2.43. The van der Waals surface area contributed by atoms with Crippen molar-refractivity contribution in [3.8, 4) is 0 Å². The molecule has 0 aromatic carbocycles. The minimum Gasteiger partial charge on any atom is -0.380 e. The summed E-state index contributed by atoms with van der Waals surface area (Å²) in [5, 5.41) is 17.8. The molecule has 0 spiro atoms. The van der Waals surface area contributed by atoms with Crippen molar-refractivity contribution in [2.75, 3.05) is 0 Å². The van der Waals surface area contributed by atoms with Crippen LogP contribution in [0.2, 0.25) is 0 Å². The van der Waals surface area contributed by atoms with Crippen molar-refractivity contribution in [2.24, 2.45) is 7.05 Å². The van der Waals surface area contributed by atoms with Crippen molar-refractivity contribution in [3.05, 3.63) is 34.1 Å². The normalized spacial score (nSPS) is 12.8. The number of nitrogens with zero attached hydrogens (tertiary/aromatic N) is 5. The number of aliphatic hydroxyl groups excluding tert-OH is 1. The predicted molar refractivity (Wildman–Crippen MR) is 59.5 cm³/mol. The average Bonchev–Trinajstić information content (AvgIpc) is 2.58. The number of aromatic nitrogens is 5. The first-order chi connectivity index (χ1) is 7.59. The summed E-state index contributed by atoms with van der Waals surface area (Å²) in [5.41, 5.74) is 1.09. The molecule has 0 aliphatic carbocycles. The van der Waals surface area contributed by atoms with Crippen LogP contribution < -0.4 is 0 Å². The van der Waals surface area contributed by atoms with Crippen LogP contribution in [-0.4, -0.2) is 30.1 Å². The van der Waals surface area contributed by atoms with Crippen LogP contribution in [0.4, 0.5) is 0 Å². The van der Waals surface area contributed by atoms with Crippen molar-refractivity contribution < 1.29 is 5.11 Å². The third kappa shape index (κ3) is 1.96. The van der Waals surface area contributed by atoms with E-state index in [1.165, 1.54) is 4.68 Å². The van der Waals surface area contributed by atoms with Crippen molar-refractivity contribution in [2.45, 2.75) is 13.0 Å². The van der Waals surface area contributed by atoms with Crippen LogP contribution >= 0.6 is 15.9 Å². The Hall–Kier alpha value is -1.34. The van der Waals surface area contributed by atoms with E-state index in [0.717, 1.165) is 0 Å². The quantitative estimate of drug-likeness (QED) is 0.881. The van der Waals surface area contributed by atoms with Gasteiger partial charge in [-0.2, -0.15) is 0 Å². The van der Waals surface area contributed by atoms with Gasteiger partial charge in [0.1, 0.15) is 17.6 Å². The molecule has 84 valence electrons. The largest absolute Gasteiger partial charge is 0.380 e. The standard InChI is InChI=1S/C9H10BrN5O/c1-5-11-4-3-6(12-5)8(16)7-9(10)13-14-15(7)2/h3-4,8,16H,1-2H3. The predicted octanol–water partition coefficient (Wildman–Crippen LogP) is 0.758. The molecule has 0 fully saturated rings. The molecule has 1 atom stereocenters. The summed E-state index contributed by atoms with van der Waals surface area (Å²) in [4.78, 5) is 8.14. The van der Waals surface area contributed by atoms with E-state index in [4.69, 9.17) is 0 Å². The monoisotopic (exact) mass is 283 g/mol. The Morgan fingerprint density at radius 2 is 2.25 bits per heavy atom. The van der Waals surface area contributed by atoms with Crippen LogP contribution in [0.25, 0.3) is 0 Å². The molecule has 2 aromatic heterocycles. The molecule has 16 heavy (non-hydrogen) atoms. The smallest absolute Gasteiger partial charge is 0.154 e. The second-order valence-electron chi connectivity index (χ2n) is 3.32. The Morgan fingerprint density at radius 3 is 2.81 bits per heavy atom.